The van der Waals surface area contributed by atoms with Crippen LogP contribution in [0.25, 0.3) is 0 Å². The summed E-state index contributed by atoms with van der Waals surface area (Å²) in [6, 6.07) is 12.2. The van der Waals surface area contributed by atoms with Crippen LogP contribution in [0, 0.1) is 0 Å². The molecule has 2 nitrogen and oxygen atoms in total. The molecular weight excluding hydrogens is 350 g/mol. The Morgan fingerprint density at radius 3 is 2.95 bits per heavy atom. The average Bonchev–Trinajstić information content (AvgIpc) is 2.94. The lowest BCUT2D eigenvalue weighted by atomic mass is 9.98. The number of rotatable bonds is 4. The van der Waals surface area contributed by atoms with Crippen molar-refractivity contribution >= 4 is 27.5 Å². The Kier molecular flexibility index (Phi) is 4.53. The van der Waals surface area contributed by atoms with E-state index in [0.717, 1.165) is 46.7 Å². The van der Waals surface area contributed by atoms with Crippen LogP contribution in [0.2, 0.25) is 5.02 Å². The first-order chi connectivity index (χ1) is 10.1. The standard InChI is InChI=1S/C17H17BrClNO/c18-15-4-3-13(19)10-14(15)16(20)5-1-11-2-6-17-12(9-11)7-8-21-17/h2-4,6,9-10,16H,1,5,7-8,20H2. The Hall–Kier alpha value is -1.03. The van der Waals surface area contributed by atoms with Crippen LogP contribution in [0.4, 0.5) is 0 Å². The van der Waals surface area contributed by atoms with Crippen molar-refractivity contribution in [3.63, 3.8) is 0 Å². The largest absolute Gasteiger partial charge is 0.493 e. The number of nitrogens with two attached hydrogens (primary N) is 1. The van der Waals surface area contributed by atoms with E-state index in [-0.39, 0.29) is 6.04 Å². The fourth-order valence-corrected chi connectivity index (χ4v) is 3.39. The molecule has 4 heteroatoms. The van der Waals surface area contributed by atoms with Gasteiger partial charge in [-0.3, -0.25) is 0 Å². The zero-order chi connectivity index (χ0) is 14.8. The fourth-order valence-electron chi connectivity index (χ4n) is 2.67. The molecule has 2 aromatic rings. The van der Waals surface area contributed by atoms with Crippen molar-refractivity contribution in [1.29, 1.82) is 0 Å². The maximum atomic E-state index is 6.31. The van der Waals surface area contributed by atoms with Crippen LogP contribution in [-0.2, 0) is 12.8 Å². The van der Waals surface area contributed by atoms with Gasteiger partial charge in [0.25, 0.3) is 0 Å². The third kappa shape index (κ3) is 3.42. The molecule has 3 rings (SSSR count). The van der Waals surface area contributed by atoms with Gasteiger partial charge in [0.05, 0.1) is 6.61 Å². The second-order valence-corrected chi connectivity index (χ2v) is 6.64. The van der Waals surface area contributed by atoms with Crippen molar-refractivity contribution in [1.82, 2.24) is 0 Å². The summed E-state index contributed by atoms with van der Waals surface area (Å²) in [7, 11) is 0. The SMILES string of the molecule is NC(CCc1ccc2c(c1)CCO2)c1cc(Cl)ccc1Br. The van der Waals surface area contributed by atoms with Crippen molar-refractivity contribution in [3.05, 3.63) is 62.6 Å². The number of halogens is 2. The number of aryl methyl sites for hydroxylation is 1. The van der Waals surface area contributed by atoms with Gasteiger partial charge in [0, 0.05) is 22.0 Å². The summed E-state index contributed by atoms with van der Waals surface area (Å²) in [5.74, 6) is 1.03. The summed E-state index contributed by atoms with van der Waals surface area (Å²) in [6.45, 7) is 0.799. The van der Waals surface area contributed by atoms with Crippen molar-refractivity contribution in [3.8, 4) is 5.75 Å². The molecule has 0 amide bonds. The Morgan fingerprint density at radius 1 is 1.24 bits per heavy atom. The predicted molar refractivity (Wildman–Crippen MR) is 90.0 cm³/mol. The van der Waals surface area contributed by atoms with Crippen LogP contribution < -0.4 is 10.5 Å². The Bertz CT molecular complexity index is 659. The van der Waals surface area contributed by atoms with Gasteiger partial charge in [0.2, 0.25) is 0 Å². The molecule has 0 spiro atoms. The van der Waals surface area contributed by atoms with Crippen LogP contribution in [0.3, 0.4) is 0 Å². The van der Waals surface area contributed by atoms with E-state index >= 15 is 0 Å². The van der Waals surface area contributed by atoms with E-state index in [1.165, 1.54) is 11.1 Å². The minimum absolute atomic E-state index is 0.0254. The van der Waals surface area contributed by atoms with Gasteiger partial charge in [-0.1, -0.05) is 39.7 Å². The van der Waals surface area contributed by atoms with Crippen LogP contribution in [0.15, 0.2) is 40.9 Å². The summed E-state index contributed by atoms with van der Waals surface area (Å²) in [5, 5.41) is 0.721. The van der Waals surface area contributed by atoms with Crippen LogP contribution in [0.5, 0.6) is 5.75 Å². The first kappa shape index (κ1) is 14.9. The molecule has 1 heterocycles. The molecule has 21 heavy (non-hydrogen) atoms. The van der Waals surface area contributed by atoms with Crippen molar-refractivity contribution in [2.75, 3.05) is 6.61 Å². The highest BCUT2D eigenvalue weighted by molar-refractivity contribution is 9.10. The van der Waals surface area contributed by atoms with Gasteiger partial charge in [-0.05, 0) is 53.8 Å². The molecule has 0 saturated carbocycles. The molecular formula is C17H17BrClNO. The van der Waals surface area contributed by atoms with E-state index in [4.69, 9.17) is 22.1 Å². The van der Waals surface area contributed by atoms with Gasteiger partial charge in [-0.15, -0.1) is 0 Å². The second kappa shape index (κ2) is 6.39. The number of hydrogen-bond donors (Lipinski definition) is 1. The lowest BCUT2D eigenvalue weighted by molar-refractivity contribution is 0.357. The maximum Gasteiger partial charge on any atom is 0.122 e. The molecule has 0 fully saturated rings. The van der Waals surface area contributed by atoms with Crippen molar-refractivity contribution in [2.24, 2.45) is 5.73 Å². The Balaban J connectivity index is 1.68. The quantitative estimate of drug-likeness (QED) is 0.853. The van der Waals surface area contributed by atoms with E-state index < -0.39 is 0 Å². The summed E-state index contributed by atoms with van der Waals surface area (Å²) in [4.78, 5) is 0. The molecule has 1 aliphatic rings. The molecule has 0 bridgehead atoms. The molecule has 2 N–H and O–H groups in total. The minimum Gasteiger partial charge on any atom is -0.493 e. The van der Waals surface area contributed by atoms with Crippen LogP contribution in [-0.4, -0.2) is 6.61 Å². The Labute approximate surface area is 138 Å². The summed E-state index contributed by atoms with van der Waals surface area (Å²) >= 11 is 9.59. The van der Waals surface area contributed by atoms with Crippen molar-refractivity contribution in [2.45, 2.75) is 25.3 Å². The van der Waals surface area contributed by atoms with E-state index in [1.54, 1.807) is 0 Å². The first-order valence-corrected chi connectivity index (χ1v) is 8.26. The summed E-state index contributed by atoms with van der Waals surface area (Å²) in [6.07, 6.45) is 2.85. The number of benzene rings is 2. The maximum absolute atomic E-state index is 6.31. The van der Waals surface area contributed by atoms with Gasteiger partial charge in [-0.25, -0.2) is 0 Å². The molecule has 0 saturated heterocycles. The smallest absolute Gasteiger partial charge is 0.122 e. The van der Waals surface area contributed by atoms with Gasteiger partial charge in [-0.2, -0.15) is 0 Å². The van der Waals surface area contributed by atoms with E-state index in [9.17, 15) is 0 Å². The molecule has 2 aromatic carbocycles. The monoisotopic (exact) mass is 365 g/mol. The molecule has 0 aliphatic carbocycles. The highest BCUT2D eigenvalue weighted by Gasteiger charge is 2.14. The molecule has 1 aliphatic heterocycles. The fraction of sp³-hybridized carbons (Fsp3) is 0.294. The predicted octanol–water partition coefficient (Wildman–Crippen LogP) is 4.67. The second-order valence-electron chi connectivity index (χ2n) is 5.35. The third-order valence-electron chi connectivity index (χ3n) is 3.86. The topological polar surface area (TPSA) is 35.2 Å². The van der Waals surface area contributed by atoms with Gasteiger partial charge in [0.15, 0.2) is 0 Å². The van der Waals surface area contributed by atoms with E-state index in [1.807, 2.05) is 18.2 Å². The normalized spacial score (nSPS) is 14.6. The molecule has 1 atom stereocenters. The van der Waals surface area contributed by atoms with Gasteiger partial charge in [0.1, 0.15) is 5.75 Å². The number of fused-ring (bicyclic) bond motifs is 1. The minimum atomic E-state index is -0.0254. The zero-order valence-corrected chi connectivity index (χ0v) is 14.0. The molecule has 110 valence electrons. The molecule has 0 aromatic heterocycles. The summed E-state index contributed by atoms with van der Waals surface area (Å²) in [5.41, 5.74) is 10.00. The van der Waals surface area contributed by atoms with Gasteiger partial charge >= 0.3 is 0 Å². The molecule has 1 unspecified atom stereocenters. The van der Waals surface area contributed by atoms with Crippen LogP contribution >= 0.6 is 27.5 Å². The van der Waals surface area contributed by atoms with Crippen LogP contribution in [0.1, 0.15) is 29.2 Å². The lowest BCUT2D eigenvalue weighted by Gasteiger charge is -2.14. The number of ether oxygens (including phenoxy) is 1. The zero-order valence-electron chi connectivity index (χ0n) is 11.6. The van der Waals surface area contributed by atoms with E-state index in [0.29, 0.717) is 0 Å². The highest BCUT2D eigenvalue weighted by Crippen LogP contribution is 2.30. The first-order valence-electron chi connectivity index (χ1n) is 7.08. The number of hydrogen-bond acceptors (Lipinski definition) is 2. The Morgan fingerprint density at radius 2 is 2.10 bits per heavy atom. The highest BCUT2D eigenvalue weighted by atomic mass is 79.9. The average molecular weight is 367 g/mol. The van der Waals surface area contributed by atoms with Crippen molar-refractivity contribution < 1.29 is 4.74 Å². The van der Waals surface area contributed by atoms with Gasteiger partial charge < -0.3 is 10.5 Å². The lowest BCUT2D eigenvalue weighted by Crippen LogP contribution is -2.12. The third-order valence-corrected chi connectivity index (χ3v) is 4.81. The van der Waals surface area contributed by atoms with E-state index in [2.05, 4.69) is 34.1 Å². The summed E-state index contributed by atoms with van der Waals surface area (Å²) < 4.78 is 6.55. The molecule has 0 radical (unpaired) electrons.